The van der Waals surface area contributed by atoms with E-state index in [9.17, 15) is 13.2 Å². The topological polar surface area (TPSA) is 66.5 Å². The Morgan fingerprint density at radius 3 is 2.39 bits per heavy atom. The number of thioether (sulfide) groups is 1. The number of sulfonamides is 1. The normalized spacial score (nSPS) is 14.1. The van der Waals surface area contributed by atoms with Crippen LogP contribution in [0, 0.1) is 0 Å². The summed E-state index contributed by atoms with van der Waals surface area (Å²) in [6.07, 6.45) is 1.06. The molecule has 160 valence electrons. The Morgan fingerprint density at radius 2 is 1.65 bits per heavy atom. The molecule has 0 atom stereocenters. The van der Waals surface area contributed by atoms with Gasteiger partial charge in [0.05, 0.1) is 4.90 Å². The molecule has 5 nitrogen and oxygen atoms in total. The lowest BCUT2D eigenvalue weighted by Crippen LogP contribution is -2.36. The first-order valence-corrected chi connectivity index (χ1v) is 12.6. The van der Waals surface area contributed by atoms with Crippen LogP contribution in [0.3, 0.4) is 0 Å². The molecule has 3 aromatic rings. The first-order valence-electron chi connectivity index (χ1n) is 10.2. The van der Waals surface area contributed by atoms with Crippen molar-refractivity contribution in [2.75, 3.05) is 17.6 Å². The van der Waals surface area contributed by atoms with Crippen LogP contribution in [0.15, 0.2) is 88.7 Å². The summed E-state index contributed by atoms with van der Waals surface area (Å²) >= 11 is 1.65. The van der Waals surface area contributed by atoms with Crippen LogP contribution in [-0.2, 0) is 27.8 Å². The molecule has 1 N–H and O–H groups in total. The SMILES string of the molecule is O=C(CCSc1ccccc1)Nc1ccc2c(c1)CN(S(=O)(=O)c1ccccc1)CC2. The number of hydrogen-bond donors (Lipinski definition) is 1. The smallest absolute Gasteiger partial charge is 0.243 e. The van der Waals surface area contributed by atoms with E-state index in [2.05, 4.69) is 5.32 Å². The summed E-state index contributed by atoms with van der Waals surface area (Å²) < 4.78 is 27.4. The van der Waals surface area contributed by atoms with E-state index in [4.69, 9.17) is 0 Å². The minimum absolute atomic E-state index is 0.0482. The molecule has 3 aromatic carbocycles. The summed E-state index contributed by atoms with van der Waals surface area (Å²) in [6.45, 7) is 0.757. The second kappa shape index (κ2) is 9.68. The molecule has 1 heterocycles. The van der Waals surface area contributed by atoms with Gasteiger partial charge in [-0.05, 0) is 53.9 Å². The second-order valence-electron chi connectivity index (χ2n) is 7.34. The van der Waals surface area contributed by atoms with Crippen molar-refractivity contribution in [2.45, 2.75) is 29.2 Å². The second-order valence-corrected chi connectivity index (χ2v) is 10.5. The molecule has 4 rings (SSSR count). The van der Waals surface area contributed by atoms with E-state index in [0.29, 0.717) is 42.3 Å². The molecule has 0 saturated heterocycles. The van der Waals surface area contributed by atoms with Gasteiger partial charge in [0.2, 0.25) is 15.9 Å². The Morgan fingerprint density at radius 1 is 0.935 bits per heavy atom. The monoisotopic (exact) mass is 452 g/mol. The average Bonchev–Trinajstić information content (AvgIpc) is 2.80. The minimum atomic E-state index is -3.54. The molecule has 0 radical (unpaired) electrons. The van der Waals surface area contributed by atoms with Gasteiger partial charge in [0.25, 0.3) is 0 Å². The van der Waals surface area contributed by atoms with Crippen LogP contribution in [-0.4, -0.2) is 30.9 Å². The van der Waals surface area contributed by atoms with Crippen LogP contribution in [0.1, 0.15) is 17.5 Å². The van der Waals surface area contributed by atoms with Crippen LogP contribution in [0.4, 0.5) is 5.69 Å². The van der Waals surface area contributed by atoms with Crippen molar-refractivity contribution in [3.05, 3.63) is 90.0 Å². The number of nitrogens with one attached hydrogen (secondary N) is 1. The van der Waals surface area contributed by atoms with Gasteiger partial charge in [-0.1, -0.05) is 42.5 Å². The highest BCUT2D eigenvalue weighted by Gasteiger charge is 2.28. The van der Waals surface area contributed by atoms with E-state index in [1.54, 1.807) is 42.1 Å². The Balaban J connectivity index is 1.38. The van der Waals surface area contributed by atoms with Gasteiger partial charge in [0.15, 0.2) is 0 Å². The molecular weight excluding hydrogens is 428 g/mol. The van der Waals surface area contributed by atoms with Crippen molar-refractivity contribution in [3.8, 4) is 0 Å². The van der Waals surface area contributed by atoms with Crippen LogP contribution >= 0.6 is 11.8 Å². The van der Waals surface area contributed by atoms with Crippen LogP contribution in [0.5, 0.6) is 0 Å². The van der Waals surface area contributed by atoms with Crippen molar-refractivity contribution >= 4 is 33.4 Å². The number of carbonyl (C=O) groups is 1. The molecule has 0 saturated carbocycles. The number of fused-ring (bicyclic) bond motifs is 1. The van der Waals surface area contributed by atoms with Crippen molar-refractivity contribution in [1.29, 1.82) is 0 Å². The Labute approximate surface area is 187 Å². The number of nitrogens with zero attached hydrogens (tertiary/aromatic N) is 1. The lowest BCUT2D eigenvalue weighted by Gasteiger charge is -2.28. The maximum absolute atomic E-state index is 12.9. The van der Waals surface area contributed by atoms with Crippen molar-refractivity contribution in [1.82, 2.24) is 4.31 Å². The number of carbonyl (C=O) groups excluding carboxylic acids is 1. The molecular formula is C24H24N2O3S2. The molecule has 1 aliphatic rings. The zero-order valence-corrected chi connectivity index (χ0v) is 18.7. The Bertz CT molecular complexity index is 1150. The zero-order chi connectivity index (χ0) is 21.7. The van der Waals surface area contributed by atoms with E-state index in [-0.39, 0.29) is 5.91 Å². The third-order valence-electron chi connectivity index (χ3n) is 5.19. The molecule has 0 unspecified atom stereocenters. The summed E-state index contributed by atoms with van der Waals surface area (Å²) in [6, 6.07) is 24.3. The van der Waals surface area contributed by atoms with Gasteiger partial charge >= 0.3 is 0 Å². The quantitative estimate of drug-likeness (QED) is 0.534. The van der Waals surface area contributed by atoms with E-state index >= 15 is 0 Å². The fourth-order valence-electron chi connectivity index (χ4n) is 3.56. The largest absolute Gasteiger partial charge is 0.326 e. The summed E-state index contributed by atoms with van der Waals surface area (Å²) in [7, 11) is -3.54. The fourth-order valence-corrected chi connectivity index (χ4v) is 5.87. The van der Waals surface area contributed by atoms with E-state index < -0.39 is 10.0 Å². The summed E-state index contributed by atoms with van der Waals surface area (Å²) in [5.41, 5.74) is 2.76. The maximum Gasteiger partial charge on any atom is 0.243 e. The molecule has 1 aliphatic heterocycles. The van der Waals surface area contributed by atoms with Gasteiger partial charge in [0, 0.05) is 35.8 Å². The number of amides is 1. The maximum atomic E-state index is 12.9. The molecule has 0 aliphatic carbocycles. The van der Waals surface area contributed by atoms with Gasteiger partial charge < -0.3 is 5.32 Å². The highest BCUT2D eigenvalue weighted by Crippen LogP contribution is 2.27. The molecule has 0 fully saturated rings. The Hall–Kier alpha value is -2.61. The number of rotatable bonds is 7. The van der Waals surface area contributed by atoms with Crippen LogP contribution in [0.2, 0.25) is 0 Å². The molecule has 1 amide bonds. The first-order chi connectivity index (χ1) is 15.0. The van der Waals surface area contributed by atoms with Gasteiger partial charge in [-0.15, -0.1) is 11.8 Å². The average molecular weight is 453 g/mol. The van der Waals surface area contributed by atoms with Gasteiger partial charge in [0.1, 0.15) is 0 Å². The number of hydrogen-bond acceptors (Lipinski definition) is 4. The standard InChI is InChI=1S/C24H24N2O3S2/c27-24(14-16-30-22-7-3-1-4-8-22)25-21-12-11-19-13-15-26(18-20(19)17-21)31(28,29)23-9-5-2-6-10-23/h1-12,17H,13-16,18H2,(H,25,27). The van der Waals surface area contributed by atoms with E-state index in [1.165, 1.54) is 4.31 Å². The number of benzene rings is 3. The molecule has 0 bridgehead atoms. The van der Waals surface area contributed by atoms with E-state index in [1.807, 2.05) is 48.5 Å². The Kier molecular flexibility index (Phi) is 6.75. The van der Waals surface area contributed by atoms with E-state index in [0.717, 1.165) is 16.0 Å². The summed E-state index contributed by atoms with van der Waals surface area (Å²) in [5, 5.41) is 2.94. The summed E-state index contributed by atoms with van der Waals surface area (Å²) in [5.74, 6) is 0.650. The van der Waals surface area contributed by atoms with Gasteiger partial charge in [-0.3, -0.25) is 4.79 Å². The third kappa shape index (κ3) is 5.36. The zero-order valence-electron chi connectivity index (χ0n) is 17.0. The molecule has 0 spiro atoms. The van der Waals surface area contributed by atoms with Gasteiger partial charge in [-0.2, -0.15) is 4.31 Å². The number of anilines is 1. The van der Waals surface area contributed by atoms with Crippen LogP contribution < -0.4 is 5.32 Å². The molecule has 7 heteroatoms. The summed E-state index contributed by atoms with van der Waals surface area (Å²) in [4.78, 5) is 13.8. The minimum Gasteiger partial charge on any atom is -0.326 e. The van der Waals surface area contributed by atoms with Crippen LogP contribution in [0.25, 0.3) is 0 Å². The highest BCUT2D eigenvalue weighted by atomic mass is 32.2. The highest BCUT2D eigenvalue weighted by molar-refractivity contribution is 7.99. The first kappa shape index (κ1) is 21.6. The van der Waals surface area contributed by atoms with Crippen molar-refractivity contribution < 1.29 is 13.2 Å². The lowest BCUT2D eigenvalue weighted by atomic mass is 10.0. The van der Waals surface area contributed by atoms with Gasteiger partial charge in [-0.25, -0.2) is 8.42 Å². The predicted molar refractivity (Wildman–Crippen MR) is 125 cm³/mol. The predicted octanol–water partition coefficient (Wildman–Crippen LogP) is 4.55. The third-order valence-corrected chi connectivity index (χ3v) is 8.06. The van der Waals surface area contributed by atoms with Crippen molar-refractivity contribution in [3.63, 3.8) is 0 Å². The lowest BCUT2D eigenvalue weighted by molar-refractivity contribution is -0.115. The molecule has 0 aromatic heterocycles. The fraction of sp³-hybridized carbons (Fsp3) is 0.208. The van der Waals surface area contributed by atoms with Crippen molar-refractivity contribution in [2.24, 2.45) is 0 Å². The molecule has 31 heavy (non-hydrogen) atoms.